The summed E-state index contributed by atoms with van der Waals surface area (Å²) in [6.45, 7) is 1.33. The molecule has 0 saturated heterocycles. The average molecular weight is 330 g/mol. The number of carbonyl (C=O) groups excluding carboxylic acids is 1. The van der Waals surface area contributed by atoms with Gasteiger partial charge in [0.25, 0.3) is 0 Å². The number of ether oxygens (including phenoxy) is 2. The van der Waals surface area contributed by atoms with Gasteiger partial charge in [-0.1, -0.05) is 17.3 Å². The molecule has 0 aliphatic carbocycles. The molecule has 1 N–H and O–H groups in total. The van der Waals surface area contributed by atoms with E-state index in [1.54, 1.807) is 18.0 Å². The predicted octanol–water partition coefficient (Wildman–Crippen LogP) is 1.18. The van der Waals surface area contributed by atoms with Gasteiger partial charge in [0, 0.05) is 12.5 Å². The van der Waals surface area contributed by atoms with Crippen LogP contribution in [-0.4, -0.2) is 41.2 Å². The standard InChI is InChI=1S/C17H22N4O3/c1-23-16-6-2-13(3-7-16)10-14-4-5-15-11-19-20-21(15)12-24-9-8-18-17(14)22/h2-3,6-7,11,14H,4-5,8-10,12H2,1H3,(H,18,22)/t14-/m0/s1. The molecule has 7 nitrogen and oxygen atoms in total. The molecule has 0 unspecified atom stereocenters. The highest BCUT2D eigenvalue weighted by atomic mass is 16.5. The third-order valence-corrected chi connectivity index (χ3v) is 4.22. The highest BCUT2D eigenvalue weighted by Crippen LogP contribution is 2.19. The molecule has 0 bridgehead atoms. The molecule has 1 aromatic heterocycles. The van der Waals surface area contributed by atoms with Crippen molar-refractivity contribution in [2.24, 2.45) is 5.92 Å². The van der Waals surface area contributed by atoms with Crippen molar-refractivity contribution in [2.75, 3.05) is 20.3 Å². The van der Waals surface area contributed by atoms with E-state index >= 15 is 0 Å². The zero-order valence-corrected chi connectivity index (χ0v) is 13.8. The highest BCUT2D eigenvalue weighted by molar-refractivity contribution is 5.79. The van der Waals surface area contributed by atoms with Gasteiger partial charge in [-0.3, -0.25) is 4.79 Å². The Morgan fingerprint density at radius 2 is 2.21 bits per heavy atom. The van der Waals surface area contributed by atoms with Gasteiger partial charge in [0.2, 0.25) is 5.91 Å². The number of hydrogen-bond donors (Lipinski definition) is 1. The normalized spacial score (nSPS) is 19.0. The molecule has 1 aromatic carbocycles. The minimum atomic E-state index is -0.0974. The Labute approximate surface area is 141 Å². The molecule has 1 amide bonds. The number of carbonyl (C=O) groups is 1. The van der Waals surface area contributed by atoms with Gasteiger partial charge in [-0.2, -0.15) is 0 Å². The number of fused-ring (bicyclic) bond motifs is 1. The van der Waals surface area contributed by atoms with Crippen molar-refractivity contribution in [3.05, 3.63) is 41.7 Å². The predicted molar refractivity (Wildman–Crippen MR) is 87.5 cm³/mol. The summed E-state index contributed by atoms with van der Waals surface area (Å²) in [6, 6.07) is 7.86. The van der Waals surface area contributed by atoms with Crippen LogP contribution < -0.4 is 10.1 Å². The van der Waals surface area contributed by atoms with E-state index in [9.17, 15) is 4.79 Å². The Kier molecular flexibility index (Phi) is 5.43. The number of nitrogens with one attached hydrogen (secondary N) is 1. The maximum absolute atomic E-state index is 12.5. The molecule has 2 heterocycles. The number of hydrogen-bond acceptors (Lipinski definition) is 5. The minimum absolute atomic E-state index is 0.0651. The first kappa shape index (κ1) is 16.4. The summed E-state index contributed by atoms with van der Waals surface area (Å²) >= 11 is 0. The first-order valence-corrected chi connectivity index (χ1v) is 8.12. The first-order chi connectivity index (χ1) is 11.8. The summed E-state index contributed by atoms with van der Waals surface area (Å²) in [5, 5.41) is 10.9. The Bertz CT molecular complexity index is 669. The molecule has 24 heavy (non-hydrogen) atoms. The molecular formula is C17H22N4O3. The second-order valence-electron chi connectivity index (χ2n) is 5.84. The van der Waals surface area contributed by atoms with E-state index in [-0.39, 0.29) is 11.8 Å². The molecule has 128 valence electrons. The maximum atomic E-state index is 12.5. The third kappa shape index (κ3) is 4.11. The zero-order valence-electron chi connectivity index (χ0n) is 13.8. The summed E-state index contributed by atoms with van der Waals surface area (Å²) in [6.07, 6.45) is 3.91. The van der Waals surface area contributed by atoms with Crippen LogP contribution in [-0.2, 0) is 29.1 Å². The van der Waals surface area contributed by atoms with Crippen molar-refractivity contribution in [1.82, 2.24) is 20.3 Å². The molecule has 0 saturated carbocycles. The topological polar surface area (TPSA) is 78.3 Å². The van der Waals surface area contributed by atoms with Crippen molar-refractivity contribution >= 4 is 5.91 Å². The van der Waals surface area contributed by atoms with Crippen LogP contribution in [0.5, 0.6) is 5.75 Å². The van der Waals surface area contributed by atoms with Gasteiger partial charge in [0.1, 0.15) is 12.5 Å². The minimum Gasteiger partial charge on any atom is -0.497 e. The van der Waals surface area contributed by atoms with E-state index in [1.165, 1.54) is 0 Å². The molecule has 1 atom stereocenters. The Morgan fingerprint density at radius 1 is 1.38 bits per heavy atom. The number of methoxy groups -OCH3 is 1. The summed E-state index contributed by atoms with van der Waals surface area (Å²) in [7, 11) is 1.64. The van der Waals surface area contributed by atoms with Gasteiger partial charge in [-0.25, -0.2) is 4.68 Å². The third-order valence-electron chi connectivity index (χ3n) is 4.22. The number of aromatic nitrogens is 3. The lowest BCUT2D eigenvalue weighted by Crippen LogP contribution is -2.34. The van der Waals surface area contributed by atoms with Gasteiger partial charge in [-0.05, 0) is 37.0 Å². The van der Waals surface area contributed by atoms with Crippen molar-refractivity contribution in [2.45, 2.75) is 26.0 Å². The molecular weight excluding hydrogens is 308 g/mol. The van der Waals surface area contributed by atoms with Crippen LogP contribution in [0.15, 0.2) is 30.5 Å². The smallest absolute Gasteiger partial charge is 0.223 e. The molecule has 1 aliphatic heterocycles. The number of amides is 1. The fourth-order valence-electron chi connectivity index (χ4n) is 2.82. The fraction of sp³-hybridized carbons (Fsp3) is 0.471. The Balaban J connectivity index is 1.72. The number of aryl methyl sites for hydroxylation is 1. The van der Waals surface area contributed by atoms with E-state index in [0.717, 1.165) is 29.8 Å². The van der Waals surface area contributed by atoms with Gasteiger partial charge >= 0.3 is 0 Å². The summed E-state index contributed by atoms with van der Waals surface area (Å²) < 4.78 is 12.4. The number of rotatable bonds is 3. The van der Waals surface area contributed by atoms with Gasteiger partial charge in [-0.15, -0.1) is 5.10 Å². The lowest BCUT2D eigenvalue weighted by Gasteiger charge is -2.16. The van der Waals surface area contributed by atoms with E-state index in [2.05, 4.69) is 15.6 Å². The van der Waals surface area contributed by atoms with Gasteiger partial charge < -0.3 is 14.8 Å². The van der Waals surface area contributed by atoms with Crippen molar-refractivity contribution in [3.8, 4) is 5.75 Å². The fourth-order valence-corrected chi connectivity index (χ4v) is 2.82. The molecule has 3 rings (SSSR count). The second-order valence-corrected chi connectivity index (χ2v) is 5.84. The quantitative estimate of drug-likeness (QED) is 0.914. The average Bonchev–Trinajstić information content (AvgIpc) is 3.04. The van der Waals surface area contributed by atoms with Crippen LogP contribution in [0.3, 0.4) is 0 Å². The molecule has 0 fully saturated rings. The molecule has 7 heteroatoms. The van der Waals surface area contributed by atoms with Gasteiger partial charge in [0.15, 0.2) is 0 Å². The monoisotopic (exact) mass is 330 g/mol. The lowest BCUT2D eigenvalue weighted by atomic mass is 9.93. The van der Waals surface area contributed by atoms with E-state index in [1.807, 2.05) is 24.3 Å². The lowest BCUT2D eigenvalue weighted by molar-refractivity contribution is -0.125. The number of benzene rings is 1. The number of nitrogens with zero attached hydrogens (tertiary/aromatic N) is 3. The van der Waals surface area contributed by atoms with Crippen LogP contribution in [0.4, 0.5) is 0 Å². The van der Waals surface area contributed by atoms with Crippen LogP contribution in [0, 0.1) is 5.92 Å². The maximum Gasteiger partial charge on any atom is 0.223 e. The summed E-state index contributed by atoms with van der Waals surface area (Å²) in [5.74, 6) is 0.785. The van der Waals surface area contributed by atoms with E-state index in [0.29, 0.717) is 26.3 Å². The molecule has 0 spiro atoms. The largest absolute Gasteiger partial charge is 0.497 e. The molecule has 2 aromatic rings. The van der Waals surface area contributed by atoms with Crippen molar-refractivity contribution in [1.29, 1.82) is 0 Å². The summed E-state index contributed by atoms with van der Waals surface area (Å²) in [4.78, 5) is 12.5. The van der Waals surface area contributed by atoms with Crippen LogP contribution >= 0.6 is 0 Å². The van der Waals surface area contributed by atoms with Crippen LogP contribution in [0.25, 0.3) is 0 Å². The Hall–Kier alpha value is -2.41. The zero-order chi connectivity index (χ0) is 16.8. The molecule has 0 radical (unpaired) electrons. The molecule has 1 aliphatic rings. The van der Waals surface area contributed by atoms with Gasteiger partial charge in [0.05, 0.1) is 25.6 Å². The van der Waals surface area contributed by atoms with Crippen LogP contribution in [0.1, 0.15) is 17.7 Å². The van der Waals surface area contributed by atoms with Crippen molar-refractivity contribution < 1.29 is 14.3 Å². The highest BCUT2D eigenvalue weighted by Gasteiger charge is 2.20. The van der Waals surface area contributed by atoms with E-state index < -0.39 is 0 Å². The van der Waals surface area contributed by atoms with E-state index in [4.69, 9.17) is 9.47 Å². The summed E-state index contributed by atoms with van der Waals surface area (Å²) in [5.41, 5.74) is 2.11. The van der Waals surface area contributed by atoms with Crippen molar-refractivity contribution in [3.63, 3.8) is 0 Å². The first-order valence-electron chi connectivity index (χ1n) is 8.12. The Morgan fingerprint density at radius 3 is 3.00 bits per heavy atom. The SMILES string of the molecule is COc1ccc(C[C@@H]2CCc3cnnn3COCCNC2=O)cc1. The van der Waals surface area contributed by atoms with Crippen LogP contribution in [0.2, 0.25) is 0 Å². The second kappa shape index (κ2) is 7.92.